The Morgan fingerprint density at radius 1 is 1.07 bits per heavy atom. The number of ketones is 1. The first-order valence-electron chi connectivity index (χ1n) is 8.95. The second-order valence-corrected chi connectivity index (χ2v) is 7.37. The van der Waals surface area contributed by atoms with E-state index in [0.29, 0.717) is 22.5 Å². The zero-order chi connectivity index (χ0) is 21.7. The molecule has 1 amide bonds. The number of thioether (sulfide) groups is 1. The number of benzene rings is 2. The molecule has 5 nitrogen and oxygen atoms in total. The summed E-state index contributed by atoms with van der Waals surface area (Å²) in [6.07, 6.45) is -3.07. The molecular formula is C21H18F3N3O2S. The third-order valence-corrected chi connectivity index (χ3v) is 5.13. The van der Waals surface area contributed by atoms with Gasteiger partial charge in [-0.25, -0.2) is 4.98 Å². The van der Waals surface area contributed by atoms with Crippen LogP contribution in [0.1, 0.15) is 17.3 Å². The normalized spacial score (nSPS) is 11.3. The van der Waals surface area contributed by atoms with Gasteiger partial charge in [-0.2, -0.15) is 13.2 Å². The van der Waals surface area contributed by atoms with Crippen molar-refractivity contribution in [3.05, 3.63) is 66.4 Å². The minimum absolute atomic E-state index is 0.0844. The Morgan fingerprint density at radius 2 is 1.73 bits per heavy atom. The molecule has 0 fully saturated rings. The van der Waals surface area contributed by atoms with E-state index >= 15 is 0 Å². The molecule has 0 atom stereocenters. The predicted molar refractivity (Wildman–Crippen MR) is 110 cm³/mol. The molecule has 0 aliphatic carbocycles. The van der Waals surface area contributed by atoms with Gasteiger partial charge in [-0.15, -0.1) is 0 Å². The molecule has 0 radical (unpaired) electrons. The van der Waals surface area contributed by atoms with Crippen molar-refractivity contribution in [2.45, 2.75) is 24.8 Å². The summed E-state index contributed by atoms with van der Waals surface area (Å²) in [4.78, 5) is 28.1. The molecule has 0 spiro atoms. The van der Waals surface area contributed by atoms with Crippen molar-refractivity contribution in [3.63, 3.8) is 0 Å². The number of Topliss-reactive ketones (excluding diaryl/α,β-unsaturated/α-hetero) is 1. The standard InChI is InChI=1S/C21H18F3N3O2S/c1-14(28)16-9-5-6-10-17(16)26-19(29)12-30-20-25-11-18(15-7-3-2-4-8-15)27(20)13-21(22,23)24/h2-11H,12-13H2,1H3,(H,26,29). The smallest absolute Gasteiger partial charge is 0.325 e. The lowest BCUT2D eigenvalue weighted by Crippen LogP contribution is -2.20. The number of rotatable bonds is 7. The summed E-state index contributed by atoms with van der Waals surface area (Å²) in [5.74, 6) is -0.807. The summed E-state index contributed by atoms with van der Waals surface area (Å²) >= 11 is 0.900. The molecule has 1 N–H and O–H groups in total. The van der Waals surface area contributed by atoms with Crippen LogP contribution in [0, 0.1) is 0 Å². The molecule has 3 aromatic rings. The summed E-state index contributed by atoms with van der Waals surface area (Å²) in [7, 11) is 0. The highest BCUT2D eigenvalue weighted by molar-refractivity contribution is 7.99. The van der Waals surface area contributed by atoms with Crippen LogP contribution in [0.3, 0.4) is 0 Å². The van der Waals surface area contributed by atoms with Crippen molar-refractivity contribution in [3.8, 4) is 11.3 Å². The highest BCUT2D eigenvalue weighted by Crippen LogP contribution is 2.30. The number of amides is 1. The quantitative estimate of drug-likeness (QED) is 0.419. The van der Waals surface area contributed by atoms with Crippen LogP contribution in [0.25, 0.3) is 11.3 Å². The molecule has 3 rings (SSSR count). The largest absolute Gasteiger partial charge is 0.406 e. The Hall–Kier alpha value is -3.07. The van der Waals surface area contributed by atoms with Crippen molar-refractivity contribution in [2.24, 2.45) is 0 Å². The lowest BCUT2D eigenvalue weighted by Gasteiger charge is -2.14. The summed E-state index contributed by atoms with van der Waals surface area (Å²) in [6.45, 7) is 0.174. The van der Waals surface area contributed by atoms with Crippen molar-refractivity contribution in [2.75, 3.05) is 11.1 Å². The maximum Gasteiger partial charge on any atom is 0.406 e. The van der Waals surface area contributed by atoms with Gasteiger partial charge in [0.05, 0.1) is 23.3 Å². The fraction of sp³-hybridized carbons (Fsp3) is 0.190. The van der Waals surface area contributed by atoms with E-state index in [4.69, 9.17) is 0 Å². The Kier molecular flexibility index (Phi) is 6.61. The van der Waals surface area contributed by atoms with Crippen LogP contribution >= 0.6 is 11.8 Å². The molecule has 9 heteroatoms. The number of nitrogens with zero attached hydrogens (tertiary/aromatic N) is 2. The molecule has 156 valence electrons. The lowest BCUT2D eigenvalue weighted by molar-refractivity contribution is -0.141. The summed E-state index contributed by atoms with van der Waals surface area (Å²) in [6, 6.07) is 15.2. The van der Waals surface area contributed by atoms with Gasteiger partial charge in [-0.3, -0.25) is 9.59 Å². The number of anilines is 1. The number of hydrogen-bond donors (Lipinski definition) is 1. The first kappa shape index (κ1) is 21.6. The van der Waals surface area contributed by atoms with E-state index < -0.39 is 18.6 Å². The molecular weight excluding hydrogens is 415 g/mol. The third kappa shape index (κ3) is 5.50. The predicted octanol–water partition coefficient (Wildman–Crippen LogP) is 5.05. The number of para-hydroxylation sites is 1. The van der Waals surface area contributed by atoms with Gasteiger partial charge in [0.25, 0.3) is 0 Å². The topological polar surface area (TPSA) is 64.0 Å². The zero-order valence-electron chi connectivity index (χ0n) is 15.9. The van der Waals surface area contributed by atoms with Crippen LogP contribution in [-0.4, -0.2) is 33.2 Å². The summed E-state index contributed by atoms with van der Waals surface area (Å²) in [5.41, 5.74) is 1.64. The van der Waals surface area contributed by atoms with E-state index in [0.717, 1.165) is 16.3 Å². The van der Waals surface area contributed by atoms with E-state index in [-0.39, 0.29) is 16.7 Å². The number of halogens is 3. The Balaban J connectivity index is 1.77. The minimum Gasteiger partial charge on any atom is -0.325 e. The number of aromatic nitrogens is 2. The van der Waals surface area contributed by atoms with Gasteiger partial charge in [-0.1, -0.05) is 54.2 Å². The number of nitrogens with one attached hydrogen (secondary N) is 1. The van der Waals surface area contributed by atoms with Crippen LogP contribution in [-0.2, 0) is 11.3 Å². The van der Waals surface area contributed by atoms with Crippen molar-refractivity contribution in [1.29, 1.82) is 0 Å². The second kappa shape index (κ2) is 9.17. The summed E-state index contributed by atoms with van der Waals surface area (Å²) < 4.78 is 40.4. The monoisotopic (exact) mass is 433 g/mol. The SMILES string of the molecule is CC(=O)c1ccccc1NC(=O)CSc1ncc(-c2ccccc2)n1CC(F)(F)F. The molecule has 1 heterocycles. The molecule has 0 bridgehead atoms. The fourth-order valence-corrected chi connectivity index (χ4v) is 3.64. The highest BCUT2D eigenvalue weighted by Gasteiger charge is 2.31. The highest BCUT2D eigenvalue weighted by atomic mass is 32.2. The van der Waals surface area contributed by atoms with Gasteiger partial charge >= 0.3 is 6.18 Å². The Morgan fingerprint density at radius 3 is 2.40 bits per heavy atom. The molecule has 2 aromatic carbocycles. The first-order valence-corrected chi connectivity index (χ1v) is 9.93. The van der Waals surface area contributed by atoms with Crippen molar-refractivity contribution < 1.29 is 22.8 Å². The summed E-state index contributed by atoms with van der Waals surface area (Å²) in [5, 5.41) is 2.71. The zero-order valence-corrected chi connectivity index (χ0v) is 16.8. The third-order valence-electron chi connectivity index (χ3n) is 4.14. The minimum atomic E-state index is -4.44. The van der Waals surface area contributed by atoms with Gasteiger partial charge in [0.1, 0.15) is 6.54 Å². The van der Waals surface area contributed by atoms with E-state index in [9.17, 15) is 22.8 Å². The van der Waals surface area contributed by atoms with E-state index in [2.05, 4.69) is 10.3 Å². The Bertz CT molecular complexity index is 1050. The van der Waals surface area contributed by atoms with Gasteiger partial charge < -0.3 is 9.88 Å². The number of hydrogen-bond acceptors (Lipinski definition) is 4. The fourth-order valence-electron chi connectivity index (χ4n) is 2.86. The van der Waals surface area contributed by atoms with Gasteiger partial charge in [0.2, 0.25) is 5.91 Å². The number of carbonyl (C=O) groups excluding carboxylic acids is 2. The molecule has 1 aromatic heterocycles. The molecule has 0 saturated heterocycles. The van der Waals surface area contributed by atoms with Crippen LogP contribution in [0.2, 0.25) is 0 Å². The lowest BCUT2D eigenvalue weighted by atomic mass is 10.1. The van der Waals surface area contributed by atoms with Gasteiger partial charge in [0, 0.05) is 5.56 Å². The van der Waals surface area contributed by atoms with Crippen molar-refractivity contribution in [1.82, 2.24) is 9.55 Å². The molecule has 0 aliphatic rings. The molecule has 0 unspecified atom stereocenters. The Labute approximate surface area is 175 Å². The molecule has 0 saturated carbocycles. The van der Waals surface area contributed by atoms with E-state index in [1.54, 1.807) is 54.6 Å². The average Bonchev–Trinajstić information content (AvgIpc) is 3.08. The first-order chi connectivity index (χ1) is 14.2. The molecule has 0 aliphatic heterocycles. The van der Waals surface area contributed by atoms with E-state index in [1.165, 1.54) is 13.1 Å². The maximum atomic E-state index is 13.1. The second-order valence-electron chi connectivity index (χ2n) is 6.43. The number of imidazole rings is 1. The van der Waals surface area contributed by atoms with Gasteiger partial charge in [-0.05, 0) is 24.6 Å². The van der Waals surface area contributed by atoms with Crippen molar-refractivity contribution >= 4 is 29.1 Å². The van der Waals surface area contributed by atoms with E-state index in [1.807, 2.05) is 0 Å². The number of alkyl halides is 3. The van der Waals surface area contributed by atoms with Crippen LogP contribution < -0.4 is 5.32 Å². The maximum absolute atomic E-state index is 13.1. The van der Waals surface area contributed by atoms with Crippen LogP contribution in [0.5, 0.6) is 0 Å². The molecule has 30 heavy (non-hydrogen) atoms. The number of carbonyl (C=O) groups is 2. The van der Waals surface area contributed by atoms with Gasteiger partial charge in [0.15, 0.2) is 10.9 Å². The van der Waals surface area contributed by atoms with Crippen LogP contribution in [0.15, 0.2) is 66.0 Å². The van der Waals surface area contributed by atoms with Crippen LogP contribution in [0.4, 0.5) is 18.9 Å². The average molecular weight is 433 g/mol.